The smallest absolute Gasteiger partial charge is 0.321 e. The van der Waals surface area contributed by atoms with E-state index in [-0.39, 0.29) is 12.1 Å². The van der Waals surface area contributed by atoms with Gasteiger partial charge in [-0.15, -0.1) is 0 Å². The van der Waals surface area contributed by atoms with Crippen LogP contribution in [-0.2, 0) is 17.6 Å². The Balaban J connectivity index is 1.43. The van der Waals surface area contributed by atoms with Gasteiger partial charge in [0.2, 0.25) is 0 Å². The number of amides is 2. The van der Waals surface area contributed by atoms with E-state index in [2.05, 4.69) is 16.3 Å². The van der Waals surface area contributed by atoms with Gasteiger partial charge in [-0.3, -0.25) is 4.90 Å². The van der Waals surface area contributed by atoms with Crippen LogP contribution < -0.4 is 5.32 Å². The van der Waals surface area contributed by atoms with Gasteiger partial charge in [0.15, 0.2) is 0 Å². The summed E-state index contributed by atoms with van der Waals surface area (Å²) < 4.78 is 5.52. The second-order valence-electron chi connectivity index (χ2n) is 8.20. The highest BCUT2D eigenvalue weighted by atomic mass is 35.5. The van der Waals surface area contributed by atoms with E-state index in [9.17, 15) is 4.79 Å². The number of rotatable bonds is 4. The summed E-state index contributed by atoms with van der Waals surface area (Å²) in [5.74, 6) is 0. The molecule has 1 N–H and O–H groups in total. The first-order chi connectivity index (χ1) is 13.1. The lowest BCUT2D eigenvalue weighted by Gasteiger charge is -2.35. The number of ether oxygens (including phenoxy) is 1. The van der Waals surface area contributed by atoms with Crippen molar-refractivity contribution in [3.63, 3.8) is 0 Å². The molecule has 4 rings (SSSR count). The molecular formula is C21H30ClN3O2. The summed E-state index contributed by atoms with van der Waals surface area (Å²) in [6, 6.07) is 4.69. The van der Waals surface area contributed by atoms with Gasteiger partial charge in [0.05, 0.1) is 16.8 Å². The third-order valence-electron chi connectivity index (χ3n) is 6.66. The highest BCUT2D eigenvalue weighted by Crippen LogP contribution is 2.33. The largest absolute Gasteiger partial charge is 0.380 e. The zero-order valence-corrected chi connectivity index (χ0v) is 17.1. The highest BCUT2D eigenvalue weighted by molar-refractivity contribution is 6.33. The van der Waals surface area contributed by atoms with E-state index in [1.807, 2.05) is 18.0 Å². The van der Waals surface area contributed by atoms with E-state index >= 15 is 0 Å². The molecule has 0 bridgehead atoms. The fourth-order valence-electron chi connectivity index (χ4n) is 5.09. The van der Waals surface area contributed by atoms with Crippen LogP contribution >= 0.6 is 11.6 Å². The first kappa shape index (κ1) is 19.0. The number of hydrogen-bond acceptors (Lipinski definition) is 3. The first-order valence-electron chi connectivity index (χ1n) is 10.2. The molecule has 2 fully saturated rings. The van der Waals surface area contributed by atoms with E-state index in [0.29, 0.717) is 17.2 Å². The minimum Gasteiger partial charge on any atom is -0.380 e. The topological polar surface area (TPSA) is 44.8 Å². The Labute approximate surface area is 167 Å². The van der Waals surface area contributed by atoms with Gasteiger partial charge in [0.25, 0.3) is 0 Å². The van der Waals surface area contributed by atoms with Crippen LogP contribution in [0, 0.1) is 0 Å². The quantitative estimate of drug-likeness (QED) is 0.845. The Morgan fingerprint density at radius 2 is 2.00 bits per heavy atom. The van der Waals surface area contributed by atoms with Crippen LogP contribution in [0.1, 0.15) is 43.2 Å². The minimum atomic E-state index is -0.0609. The van der Waals surface area contributed by atoms with Gasteiger partial charge in [-0.1, -0.05) is 11.6 Å². The number of methoxy groups -OCH3 is 1. The number of nitrogens with one attached hydrogen (secondary N) is 1. The number of halogens is 1. The predicted octanol–water partition coefficient (Wildman–Crippen LogP) is 3.93. The molecule has 0 aromatic heterocycles. The number of carbonyl (C=O) groups excluding carboxylic acids is 1. The second kappa shape index (κ2) is 7.98. The summed E-state index contributed by atoms with van der Waals surface area (Å²) >= 11 is 6.43. The van der Waals surface area contributed by atoms with Crippen molar-refractivity contribution in [2.75, 3.05) is 32.6 Å². The Hall–Kier alpha value is -1.30. The van der Waals surface area contributed by atoms with Crippen molar-refractivity contribution >= 4 is 23.3 Å². The molecule has 0 spiro atoms. The van der Waals surface area contributed by atoms with E-state index in [4.69, 9.17) is 16.3 Å². The Kier molecular flexibility index (Phi) is 5.62. The first-order valence-corrected chi connectivity index (χ1v) is 10.6. The van der Waals surface area contributed by atoms with Gasteiger partial charge in [-0.25, -0.2) is 4.79 Å². The predicted molar refractivity (Wildman–Crippen MR) is 109 cm³/mol. The Morgan fingerprint density at radius 1 is 1.22 bits per heavy atom. The van der Waals surface area contributed by atoms with E-state index in [0.717, 1.165) is 50.9 Å². The molecule has 1 saturated carbocycles. The highest BCUT2D eigenvalue weighted by Gasteiger charge is 2.39. The van der Waals surface area contributed by atoms with Crippen LogP contribution in [0.15, 0.2) is 12.1 Å². The normalized spacial score (nSPS) is 27.7. The van der Waals surface area contributed by atoms with Gasteiger partial charge in [0, 0.05) is 39.3 Å². The van der Waals surface area contributed by atoms with Crippen LogP contribution in [0.4, 0.5) is 10.5 Å². The fraction of sp³-hybridized carbons (Fsp3) is 0.667. The van der Waals surface area contributed by atoms with Gasteiger partial charge >= 0.3 is 6.03 Å². The van der Waals surface area contributed by atoms with E-state index in [1.54, 1.807) is 7.11 Å². The van der Waals surface area contributed by atoms with Crippen LogP contribution in [0.25, 0.3) is 0 Å². The molecule has 3 aliphatic rings. The van der Waals surface area contributed by atoms with Crippen molar-refractivity contribution in [2.24, 2.45) is 0 Å². The lowest BCUT2D eigenvalue weighted by molar-refractivity contribution is 0.0907. The molecule has 27 heavy (non-hydrogen) atoms. The van der Waals surface area contributed by atoms with Crippen molar-refractivity contribution in [1.29, 1.82) is 0 Å². The Bertz CT molecular complexity index is 711. The molecule has 0 radical (unpaired) electrons. The zero-order chi connectivity index (χ0) is 19.0. The van der Waals surface area contributed by atoms with Crippen LogP contribution in [0.2, 0.25) is 5.02 Å². The molecule has 2 aliphatic carbocycles. The second-order valence-corrected chi connectivity index (χ2v) is 8.61. The van der Waals surface area contributed by atoms with Crippen molar-refractivity contribution in [2.45, 2.75) is 63.1 Å². The molecule has 1 unspecified atom stereocenters. The number of benzene rings is 1. The Morgan fingerprint density at radius 3 is 2.74 bits per heavy atom. The van der Waals surface area contributed by atoms with Crippen LogP contribution in [0.3, 0.4) is 0 Å². The molecule has 3 atom stereocenters. The number of aryl methyl sites for hydroxylation is 2. The van der Waals surface area contributed by atoms with Gasteiger partial charge < -0.3 is 15.0 Å². The summed E-state index contributed by atoms with van der Waals surface area (Å²) in [5.41, 5.74) is 3.38. The number of urea groups is 1. The van der Waals surface area contributed by atoms with Gasteiger partial charge in [-0.2, -0.15) is 0 Å². The number of anilines is 1. The van der Waals surface area contributed by atoms with Crippen molar-refractivity contribution < 1.29 is 9.53 Å². The molecule has 1 aliphatic heterocycles. The number of carbonyl (C=O) groups is 1. The number of likely N-dealkylation sites (tertiary alicyclic amines) is 1. The standard InChI is InChI=1S/C21H30ClN3O2/c1-24(19-7-4-8-20(19)25-10-9-16(13-25)27-2)21(26)23-18-12-15-6-3-5-14(15)11-17(18)22/h11-12,16,19-20H,3-10,13H2,1-2H3,(H,23,26)/t16?,19-,20+/m0/s1. The van der Waals surface area contributed by atoms with Crippen molar-refractivity contribution in [1.82, 2.24) is 9.80 Å². The maximum atomic E-state index is 12.9. The van der Waals surface area contributed by atoms with Crippen LogP contribution in [0.5, 0.6) is 0 Å². The van der Waals surface area contributed by atoms with E-state index < -0.39 is 0 Å². The summed E-state index contributed by atoms with van der Waals surface area (Å²) in [6.07, 6.45) is 8.12. The molecule has 2 amide bonds. The summed E-state index contributed by atoms with van der Waals surface area (Å²) in [6.45, 7) is 2.04. The summed E-state index contributed by atoms with van der Waals surface area (Å²) in [4.78, 5) is 17.3. The number of nitrogens with zero attached hydrogens (tertiary/aromatic N) is 2. The molecule has 1 aromatic carbocycles. The third kappa shape index (κ3) is 3.82. The molecule has 1 heterocycles. The number of likely N-dealkylation sites (N-methyl/N-ethyl adjacent to an activating group) is 1. The lowest BCUT2D eigenvalue weighted by atomic mass is 10.1. The molecular weight excluding hydrogens is 362 g/mol. The number of hydrogen-bond donors (Lipinski definition) is 1. The van der Waals surface area contributed by atoms with Crippen LogP contribution in [-0.4, -0.2) is 61.3 Å². The van der Waals surface area contributed by atoms with Gasteiger partial charge in [0.1, 0.15) is 0 Å². The van der Waals surface area contributed by atoms with Crippen molar-refractivity contribution in [3.05, 3.63) is 28.3 Å². The average molecular weight is 392 g/mol. The van der Waals surface area contributed by atoms with Crippen molar-refractivity contribution in [3.8, 4) is 0 Å². The SMILES string of the molecule is COC1CCN([C@@H]2CCC[C@@H]2N(C)C(=O)Nc2cc3c(cc2Cl)CCC3)C1. The average Bonchev–Trinajstić information content (AvgIpc) is 3.40. The zero-order valence-electron chi connectivity index (χ0n) is 16.3. The number of fused-ring (bicyclic) bond motifs is 1. The molecule has 1 aromatic rings. The molecule has 5 nitrogen and oxygen atoms in total. The minimum absolute atomic E-state index is 0.0609. The molecule has 1 saturated heterocycles. The molecule has 148 valence electrons. The summed E-state index contributed by atoms with van der Waals surface area (Å²) in [5, 5.41) is 3.70. The maximum absolute atomic E-state index is 12.9. The van der Waals surface area contributed by atoms with Gasteiger partial charge in [-0.05, 0) is 68.2 Å². The third-order valence-corrected chi connectivity index (χ3v) is 6.98. The van der Waals surface area contributed by atoms with E-state index in [1.165, 1.54) is 24.0 Å². The summed E-state index contributed by atoms with van der Waals surface area (Å²) in [7, 11) is 3.71. The fourth-order valence-corrected chi connectivity index (χ4v) is 5.32. The molecule has 6 heteroatoms. The monoisotopic (exact) mass is 391 g/mol. The maximum Gasteiger partial charge on any atom is 0.321 e. The lowest BCUT2D eigenvalue weighted by Crippen LogP contribution is -2.50.